The molecule has 0 aliphatic carbocycles. The minimum absolute atomic E-state index is 0.613. The highest BCUT2D eigenvalue weighted by Gasteiger charge is 2.02. The van der Waals surface area contributed by atoms with Crippen LogP contribution in [0.4, 0.5) is 0 Å². The number of furan rings is 1. The molecule has 1 unspecified atom stereocenters. The van der Waals surface area contributed by atoms with Crippen molar-refractivity contribution in [3.63, 3.8) is 0 Å². The average molecular weight is 210 g/mol. The Morgan fingerprint density at radius 1 is 1.53 bits per heavy atom. The Balaban J connectivity index is 2.11. The Hall–Kier alpha value is -0.800. The maximum Gasteiger partial charge on any atom is 0.117 e. The lowest BCUT2D eigenvalue weighted by molar-refractivity contribution is 0.289. The largest absolute Gasteiger partial charge is 0.468 e. The van der Waals surface area contributed by atoms with Gasteiger partial charge in [-0.1, -0.05) is 6.92 Å². The zero-order valence-corrected chi connectivity index (χ0v) is 9.99. The van der Waals surface area contributed by atoms with Crippen molar-refractivity contribution in [1.82, 2.24) is 10.2 Å². The van der Waals surface area contributed by atoms with Crippen molar-refractivity contribution in [1.29, 1.82) is 0 Å². The van der Waals surface area contributed by atoms with E-state index in [9.17, 15) is 0 Å². The van der Waals surface area contributed by atoms with Crippen LogP contribution in [0, 0.1) is 0 Å². The molecular formula is C12H22N2O. The quantitative estimate of drug-likeness (QED) is 0.747. The van der Waals surface area contributed by atoms with Gasteiger partial charge in [0.1, 0.15) is 5.76 Å². The van der Waals surface area contributed by atoms with Crippen LogP contribution in [0.1, 0.15) is 26.0 Å². The Bertz CT molecular complexity index is 246. The second kappa shape index (κ2) is 6.64. The number of likely N-dealkylation sites (N-methyl/N-ethyl adjacent to an activating group) is 1. The lowest BCUT2D eigenvalue weighted by atomic mass is 10.2. The molecule has 1 aromatic rings. The van der Waals surface area contributed by atoms with Gasteiger partial charge in [-0.25, -0.2) is 0 Å². The van der Waals surface area contributed by atoms with Gasteiger partial charge in [0.2, 0.25) is 0 Å². The third-order valence-electron chi connectivity index (χ3n) is 2.60. The Morgan fingerprint density at radius 3 is 2.93 bits per heavy atom. The fourth-order valence-electron chi connectivity index (χ4n) is 1.39. The molecule has 0 aliphatic heterocycles. The van der Waals surface area contributed by atoms with E-state index in [1.165, 1.54) is 6.42 Å². The van der Waals surface area contributed by atoms with E-state index in [0.717, 1.165) is 25.4 Å². The van der Waals surface area contributed by atoms with Crippen LogP contribution in [0.2, 0.25) is 0 Å². The first-order valence-corrected chi connectivity index (χ1v) is 5.66. The van der Waals surface area contributed by atoms with Crippen molar-refractivity contribution in [2.45, 2.75) is 32.9 Å². The first kappa shape index (κ1) is 12.3. The summed E-state index contributed by atoms with van der Waals surface area (Å²) in [6.07, 6.45) is 2.91. The molecule has 1 heterocycles. The lowest BCUT2D eigenvalue weighted by Gasteiger charge is -2.17. The summed E-state index contributed by atoms with van der Waals surface area (Å²) in [6.45, 7) is 7.38. The molecule has 1 N–H and O–H groups in total. The maximum atomic E-state index is 5.29. The molecule has 3 heteroatoms. The van der Waals surface area contributed by atoms with Gasteiger partial charge in [0.05, 0.1) is 12.8 Å². The van der Waals surface area contributed by atoms with Gasteiger partial charge < -0.3 is 9.73 Å². The molecule has 0 bridgehead atoms. The summed E-state index contributed by atoms with van der Waals surface area (Å²) in [5, 5.41) is 3.47. The van der Waals surface area contributed by atoms with E-state index in [-0.39, 0.29) is 0 Å². The average Bonchev–Trinajstić information content (AvgIpc) is 2.70. The van der Waals surface area contributed by atoms with Crippen LogP contribution < -0.4 is 5.32 Å². The standard InChI is InChI=1S/C12H22N2O/c1-4-11(2)13-7-8-14(3)10-12-6-5-9-15-12/h5-6,9,11,13H,4,7-8,10H2,1-3H3. The predicted molar refractivity (Wildman–Crippen MR) is 62.8 cm³/mol. The van der Waals surface area contributed by atoms with Crippen LogP contribution in [-0.2, 0) is 6.54 Å². The van der Waals surface area contributed by atoms with Crippen molar-refractivity contribution in [2.75, 3.05) is 20.1 Å². The van der Waals surface area contributed by atoms with E-state index >= 15 is 0 Å². The fourth-order valence-corrected chi connectivity index (χ4v) is 1.39. The van der Waals surface area contributed by atoms with E-state index < -0.39 is 0 Å². The SMILES string of the molecule is CCC(C)NCCN(C)Cc1ccco1. The predicted octanol–water partition coefficient (Wildman–Crippen LogP) is 2.10. The molecule has 0 aromatic carbocycles. The van der Waals surface area contributed by atoms with Gasteiger partial charge in [-0.2, -0.15) is 0 Å². The van der Waals surface area contributed by atoms with Crippen LogP contribution >= 0.6 is 0 Å². The van der Waals surface area contributed by atoms with Gasteiger partial charge in [0, 0.05) is 19.1 Å². The zero-order chi connectivity index (χ0) is 11.1. The van der Waals surface area contributed by atoms with Gasteiger partial charge in [0.25, 0.3) is 0 Å². The van der Waals surface area contributed by atoms with Crippen molar-refractivity contribution in [2.24, 2.45) is 0 Å². The summed E-state index contributed by atoms with van der Waals surface area (Å²) in [5.41, 5.74) is 0. The van der Waals surface area contributed by atoms with Crippen molar-refractivity contribution in [3.05, 3.63) is 24.2 Å². The second-order valence-electron chi connectivity index (χ2n) is 4.08. The number of rotatable bonds is 7. The highest BCUT2D eigenvalue weighted by molar-refractivity contribution is 4.97. The minimum Gasteiger partial charge on any atom is -0.468 e. The summed E-state index contributed by atoms with van der Waals surface area (Å²) in [5.74, 6) is 1.03. The molecule has 86 valence electrons. The lowest BCUT2D eigenvalue weighted by Crippen LogP contribution is -2.33. The van der Waals surface area contributed by atoms with E-state index in [1.54, 1.807) is 6.26 Å². The maximum absolute atomic E-state index is 5.29. The summed E-state index contributed by atoms with van der Waals surface area (Å²) in [6, 6.07) is 4.56. The second-order valence-corrected chi connectivity index (χ2v) is 4.08. The molecule has 0 saturated heterocycles. The highest BCUT2D eigenvalue weighted by Crippen LogP contribution is 2.02. The first-order valence-electron chi connectivity index (χ1n) is 5.66. The fraction of sp³-hybridized carbons (Fsp3) is 0.667. The Kier molecular flexibility index (Phi) is 5.43. The number of hydrogen-bond acceptors (Lipinski definition) is 3. The molecule has 0 radical (unpaired) electrons. The molecule has 1 rings (SSSR count). The van der Waals surface area contributed by atoms with Crippen LogP contribution in [0.15, 0.2) is 22.8 Å². The van der Waals surface area contributed by atoms with Gasteiger partial charge in [-0.05, 0) is 32.5 Å². The molecular weight excluding hydrogens is 188 g/mol. The van der Waals surface area contributed by atoms with Crippen molar-refractivity contribution in [3.8, 4) is 0 Å². The molecule has 0 amide bonds. The van der Waals surface area contributed by atoms with Crippen molar-refractivity contribution >= 4 is 0 Å². The topological polar surface area (TPSA) is 28.4 Å². The monoisotopic (exact) mass is 210 g/mol. The van der Waals surface area contributed by atoms with E-state index in [2.05, 4.69) is 31.1 Å². The van der Waals surface area contributed by atoms with Crippen LogP contribution in [0.3, 0.4) is 0 Å². The number of nitrogens with zero attached hydrogens (tertiary/aromatic N) is 1. The highest BCUT2D eigenvalue weighted by atomic mass is 16.3. The number of hydrogen-bond donors (Lipinski definition) is 1. The molecule has 15 heavy (non-hydrogen) atoms. The van der Waals surface area contributed by atoms with E-state index in [0.29, 0.717) is 6.04 Å². The van der Waals surface area contributed by atoms with Crippen LogP contribution in [0.5, 0.6) is 0 Å². The molecule has 3 nitrogen and oxygen atoms in total. The molecule has 0 fully saturated rings. The molecule has 1 aromatic heterocycles. The van der Waals surface area contributed by atoms with E-state index in [1.807, 2.05) is 12.1 Å². The minimum atomic E-state index is 0.613. The van der Waals surface area contributed by atoms with Gasteiger partial charge in [-0.3, -0.25) is 4.90 Å². The number of nitrogens with one attached hydrogen (secondary N) is 1. The molecule has 0 spiro atoms. The zero-order valence-electron chi connectivity index (χ0n) is 9.99. The summed E-state index contributed by atoms with van der Waals surface area (Å²) < 4.78 is 5.29. The summed E-state index contributed by atoms with van der Waals surface area (Å²) in [4.78, 5) is 2.26. The van der Waals surface area contributed by atoms with Crippen LogP contribution in [0.25, 0.3) is 0 Å². The first-order chi connectivity index (χ1) is 7.22. The third kappa shape index (κ3) is 5.00. The van der Waals surface area contributed by atoms with Crippen molar-refractivity contribution < 1.29 is 4.42 Å². The third-order valence-corrected chi connectivity index (χ3v) is 2.60. The summed E-state index contributed by atoms with van der Waals surface area (Å²) >= 11 is 0. The van der Waals surface area contributed by atoms with E-state index in [4.69, 9.17) is 4.42 Å². The van der Waals surface area contributed by atoms with Gasteiger partial charge in [-0.15, -0.1) is 0 Å². The van der Waals surface area contributed by atoms with Crippen LogP contribution in [-0.4, -0.2) is 31.1 Å². The van der Waals surface area contributed by atoms with Gasteiger partial charge in [0.15, 0.2) is 0 Å². The smallest absolute Gasteiger partial charge is 0.117 e. The molecule has 0 saturated carbocycles. The normalized spacial score (nSPS) is 13.3. The molecule has 0 aliphatic rings. The Morgan fingerprint density at radius 2 is 2.33 bits per heavy atom. The molecule has 1 atom stereocenters. The van der Waals surface area contributed by atoms with Gasteiger partial charge >= 0.3 is 0 Å². The summed E-state index contributed by atoms with van der Waals surface area (Å²) in [7, 11) is 2.11. The Labute approximate surface area is 92.5 Å².